The van der Waals surface area contributed by atoms with Crippen molar-refractivity contribution in [1.82, 2.24) is 0 Å². The van der Waals surface area contributed by atoms with Crippen molar-refractivity contribution in [3.05, 3.63) is 72.9 Å². The lowest BCUT2D eigenvalue weighted by molar-refractivity contribution is -0.154. The smallest absolute Gasteiger partial charge is 0.457 e. The molecule has 336 valence electrons. The molecule has 0 saturated heterocycles. The van der Waals surface area contributed by atoms with E-state index in [2.05, 4.69) is 86.8 Å². The summed E-state index contributed by atoms with van der Waals surface area (Å²) in [6.07, 6.45) is 58.1. The predicted octanol–water partition coefficient (Wildman–Crippen LogP) is 14.3. The van der Waals surface area contributed by atoms with E-state index in [9.17, 15) is 14.3 Å². The van der Waals surface area contributed by atoms with Gasteiger partial charge in [0.05, 0.1) is 26.4 Å². The van der Waals surface area contributed by atoms with E-state index in [0.29, 0.717) is 19.4 Å². The minimum Gasteiger partial charge on any atom is -0.457 e. The molecule has 0 saturated carbocycles. The van der Waals surface area contributed by atoms with Crippen LogP contribution in [0.4, 0.5) is 0 Å². The second kappa shape index (κ2) is 46.0. The molecule has 0 aromatic heterocycles. The van der Waals surface area contributed by atoms with Gasteiger partial charge >= 0.3 is 13.8 Å². The van der Waals surface area contributed by atoms with Crippen LogP contribution in [0, 0.1) is 0 Å². The van der Waals surface area contributed by atoms with Crippen LogP contribution in [0.5, 0.6) is 0 Å². The standard InChI is InChI=1S/C49H88NO7P/c1-3-5-7-9-11-13-15-17-19-21-22-23-24-25-26-27-28-30-32-34-36-38-40-42-49(51)57-48(47-56-58(52,53)55-45-43-50)46-54-44-41-39-37-35-33-31-29-20-18-16-14-12-10-8-6-4-2/h6,8,12,14,18,20-22,31,33,37,39,48H,3-5,7,9-11,13,15-17,19,23-30,32,34-36,38,40-47,50H2,1-2H3,(H,52,53)/b8-6-,14-12-,20-18-,22-21-,33-31-,39-37-. The SMILES string of the molecule is CC/C=C\C/C=C\C/C=C\C/C=C\C/C=C\CCOCC(COP(=O)(O)OCCN)OC(=O)CCCCCCCCCCCCC/C=C\CCCCCCCCCC. The summed E-state index contributed by atoms with van der Waals surface area (Å²) in [5, 5.41) is 0. The van der Waals surface area contributed by atoms with Crippen LogP contribution in [0.2, 0.25) is 0 Å². The second-order valence-electron chi connectivity index (χ2n) is 15.2. The van der Waals surface area contributed by atoms with Crippen LogP contribution in [-0.2, 0) is 27.9 Å². The number of phosphoric ester groups is 1. The summed E-state index contributed by atoms with van der Waals surface area (Å²) >= 11 is 0. The Hall–Kier alpha value is -2.06. The number of carbonyl (C=O) groups excluding carboxylic acids is 1. The second-order valence-corrected chi connectivity index (χ2v) is 16.7. The van der Waals surface area contributed by atoms with Crippen LogP contribution in [0.3, 0.4) is 0 Å². The van der Waals surface area contributed by atoms with Crippen LogP contribution in [-0.4, -0.2) is 49.9 Å². The Morgan fingerprint density at radius 2 is 0.966 bits per heavy atom. The van der Waals surface area contributed by atoms with E-state index in [1.807, 2.05) is 0 Å². The number of unbranched alkanes of at least 4 members (excludes halogenated alkanes) is 19. The normalized spacial score (nSPS) is 14.1. The summed E-state index contributed by atoms with van der Waals surface area (Å²) in [5.74, 6) is -0.357. The van der Waals surface area contributed by atoms with Gasteiger partial charge in [-0.15, -0.1) is 0 Å². The van der Waals surface area contributed by atoms with Gasteiger partial charge in [0.15, 0.2) is 0 Å². The first-order chi connectivity index (χ1) is 28.4. The minimum atomic E-state index is -4.30. The maximum Gasteiger partial charge on any atom is 0.472 e. The van der Waals surface area contributed by atoms with Gasteiger partial charge in [0.2, 0.25) is 0 Å². The van der Waals surface area contributed by atoms with Crippen LogP contribution in [0.25, 0.3) is 0 Å². The number of allylic oxidation sites excluding steroid dienone is 11. The molecule has 0 aromatic rings. The molecular weight excluding hydrogens is 746 g/mol. The highest BCUT2D eigenvalue weighted by molar-refractivity contribution is 7.47. The van der Waals surface area contributed by atoms with Gasteiger partial charge in [0, 0.05) is 13.0 Å². The van der Waals surface area contributed by atoms with Gasteiger partial charge in [0.1, 0.15) is 6.10 Å². The van der Waals surface area contributed by atoms with Crippen molar-refractivity contribution >= 4 is 13.8 Å². The van der Waals surface area contributed by atoms with Crippen molar-refractivity contribution in [3.63, 3.8) is 0 Å². The summed E-state index contributed by atoms with van der Waals surface area (Å²) < 4.78 is 33.4. The average molecular weight is 834 g/mol. The van der Waals surface area contributed by atoms with Crippen molar-refractivity contribution in [2.45, 2.75) is 200 Å². The first-order valence-electron chi connectivity index (χ1n) is 23.4. The lowest BCUT2D eigenvalue weighted by Gasteiger charge is -2.19. The van der Waals surface area contributed by atoms with Gasteiger partial charge in [-0.1, -0.05) is 189 Å². The highest BCUT2D eigenvalue weighted by Crippen LogP contribution is 2.43. The molecule has 0 rings (SSSR count). The van der Waals surface area contributed by atoms with Gasteiger partial charge < -0.3 is 20.1 Å². The zero-order chi connectivity index (χ0) is 42.3. The zero-order valence-corrected chi connectivity index (χ0v) is 38.2. The fourth-order valence-corrected chi connectivity index (χ4v) is 7.00. The maximum absolute atomic E-state index is 12.6. The Kier molecular flexibility index (Phi) is 44.4. The average Bonchev–Trinajstić information content (AvgIpc) is 3.21. The molecule has 3 N–H and O–H groups in total. The molecule has 2 atom stereocenters. The lowest BCUT2D eigenvalue weighted by Crippen LogP contribution is -2.28. The van der Waals surface area contributed by atoms with E-state index in [4.69, 9.17) is 24.3 Å². The van der Waals surface area contributed by atoms with Gasteiger partial charge in [-0.3, -0.25) is 13.8 Å². The minimum absolute atomic E-state index is 0.0593. The number of hydrogen-bond acceptors (Lipinski definition) is 7. The number of carbonyl (C=O) groups is 1. The predicted molar refractivity (Wildman–Crippen MR) is 247 cm³/mol. The molecule has 0 aromatic carbocycles. The monoisotopic (exact) mass is 834 g/mol. The fourth-order valence-electron chi connectivity index (χ4n) is 6.23. The summed E-state index contributed by atoms with van der Waals surface area (Å²) in [6.45, 7) is 4.58. The van der Waals surface area contributed by atoms with E-state index < -0.39 is 13.9 Å². The van der Waals surface area contributed by atoms with Crippen LogP contribution < -0.4 is 5.73 Å². The van der Waals surface area contributed by atoms with Crippen LogP contribution in [0.15, 0.2) is 72.9 Å². The molecule has 0 aliphatic rings. The third-order valence-electron chi connectivity index (χ3n) is 9.63. The molecule has 0 spiro atoms. The molecule has 0 aliphatic carbocycles. The summed E-state index contributed by atoms with van der Waals surface area (Å²) in [4.78, 5) is 22.5. The summed E-state index contributed by atoms with van der Waals surface area (Å²) in [7, 11) is -4.30. The van der Waals surface area contributed by atoms with Crippen molar-refractivity contribution in [3.8, 4) is 0 Å². The molecular formula is C49H88NO7P. The Morgan fingerprint density at radius 1 is 0.534 bits per heavy atom. The Bertz CT molecular complexity index is 1120. The molecule has 0 heterocycles. The number of rotatable bonds is 44. The highest BCUT2D eigenvalue weighted by atomic mass is 31.2. The number of nitrogens with two attached hydrogens (primary N) is 1. The molecule has 2 unspecified atom stereocenters. The molecule has 0 aliphatic heterocycles. The molecule has 8 nitrogen and oxygen atoms in total. The Labute approximate surface area is 356 Å². The van der Waals surface area contributed by atoms with Crippen molar-refractivity contribution < 1.29 is 32.8 Å². The van der Waals surface area contributed by atoms with Crippen molar-refractivity contribution in [2.24, 2.45) is 5.73 Å². The molecule has 9 heteroatoms. The van der Waals surface area contributed by atoms with E-state index in [-0.39, 0.29) is 32.3 Å². The summed E-state index contributed by atoms with van der Waals surface area (Å²) in [6, 6.07) is 0. The van der Waals surface area contributed by atoms with Crippen LogP contribution in [0.1, 0.15) is 194 Å². The number of hydrogen-bond donors (Lipinski definition) is 2. The van der Waals surface area contributed by atoms with Gasteiger partial charge in [0.25, 0.3) is 0 Å². The number of phosphoric acid groups is 1. The Balaban J connectivity index is 4.05. The van der Waals surface area contributed by atoms with E-state index in [1.54, 1.807) is 0 Å². The van der Waals surface area contributed by atoms with Crippen molar-refractivity contribution in [2.75, 3.05) is 33.0 Å². The first kappa shape index (κ1) is 55.9. The van der Waals surface area contributed by atoms with E-state index >= 15 is 0 Å². The van der Waals surface area contributed by atoms with E-state index in [0.717, 1.165) is 51.4 Å². The number of esters is 1. The first-order valence-corrected chi connectivity index (χ1v) is 24.9. The molecule has 0 amide bonds. The fraction of sp³-hybridized carbons (Fsp3) is 0.735. The van der Waals surface area contributed by atoms with E-state index in [1.165, 1.54) is 116 Å². The Morgan fingerprint density at radius 3 is 1.45 bits per heavy atom. The summed E-state index contributed by atoms with van der Waals surface area (Å²) in [5.41, 5.74) is 5.37. The molecule has 0 fully saturated rings. The lowest BCUT2D eigenvalue weighted by atomic mass is 10.0. The number of ether oxygens (including phenoxy) is 2. The molecule has 58 heavy (non-hydrogen) atoms. The van der Waals surface area contributed by atoms with Crippen molar-refractivity contribution in [1.29, 1.82) is 0 Å². The topological polar surface area (TPSA) is 117 Å². The maximum atomic E-state index is 12.6. The third kappa shape index (κ3) is 45.0. The van der Waals surface area contributed by atoms with Crippen LogP contribution >= 0.6 is 7.82 Å². The zero-order valence-electron chi connectivity index (χ0n) is 37.3. The molecule has 0 bridgehead atoms. The van der Waals surface area contributed by atoms with Gasteiger partial charge in [-0.05, 0) is 70.6 Å². The van der Waals surface area contributed by atoms with Gasteiger partial charge in [-0.25, -0.2) is 4.57 Å². The van der Waals surface area contributed by atoms with Gasteiger partial charge in [-0.2, -0.15) is 0 Å². The quantitative estimate of drug-likeness (QED) is 0.0270. The third-order valence-corrected chi connectivity index (χ3v) is 10.6. The largest absolute Gasteiger partial charge is 0.472 e. The molecule has 0 radical (unpaired) electrons. The highest BCUT2D eigenvalue weighted by Gasteiger charge is 2.25.